The number of halogens is 1. The van der Waals surface area contributed by atoms with E-state index in [2.05, 4.69) is 10.3 Å². The van der Waals surface area contributed by atoms with Crippen LogP contribution in [0.5, 0.6) is 0 Å². The number of para-hydroxylation sites is 1. The molecule has 1 unspecified atom stereocenters. The standard InChI is InChI=1S/C22H21ClN4O/c1-3-22(2,20-11-12-27(26-20)17-7-5-4-6-8-17)25-21(28)19-14-15-13-16(23)9-10-18(15)24-19/h4-14,24H,3H2,1-2H3,(H,25,28). The molecule has 0 aliphatic carbocycles. The Kier molecular flexibility index (Phi) is 4.69. The topological polar surface area (TPSA) is 62.7 Å². The van der Waals surface area contributed by atoms with E-state index in [-0.39, 0.29) is 5.91 Å². The maximum Gasteiger partial charge on any atom is 0.268 e. The molecule has 28 heavy (non-hydrogen) atoms. The highest BCUT2D eigenvalue weighted by Gasteiger charge is 2.30. The number of benzene rings is 2. The average molecular weight is 393 g/mol. The molecule has 2 aromatic heterocycles. The van der Waals surface area contributed by atoms with E-state index in [4.69, 9.17) is 16.7 Å². The highest BCUT2D eigenvalue weighted by molar-refractivity contribution is 6.31. The van der Waals surface area contributed by atoms with Gasteiger partial charge in [-0.3, -0.25) is 4.79 Å². The minimum absolute atomic E-state index is 0.175. The summed E-state index contributed by atoms with van der Waals surface area (Å²) < 4.78 is 1.82. The van der Waals surface area contributed by atoms with Gasteiger partial charge in [-0.1, -0.05) is 36.7 Å². The van der Waals surface area contributed by atoms with Gasteiger partial charge >= 0.3 is 0 Å². The van der Waals surface area contributed by atoms with Crippen LogP contribution in [-0.2, 0) is 5.54 Å². The van der Waals surface area contributed by atoms with Crippen LogP contribution in [0.1, 0.15) is 36.5 Å². The van der Waals surface area contributed by atoms with Crippen molar-refractivity contribution in [3.63, 3.8) is 0 Å². The molecule has 0 aliphatic heterocycles. The summed E-state index contributed by atoms with van der Waals surface area (Å²) in [6.45, 7) is 4.02. The van der Waals surface area contributed by atoms with Gasteiger partial charge in [-0.15, -0.1) is 0 Å². The summed E-state index contributed by atoms with van der Waals surface area (Å²) in [5.74, 6) is -0.175. The summed E-state index contributed by atoms with van der Waals surface area (Å²) >= 11 is 6.04. The third-order valence-corrected chi connectivity index (χ3v) is 5.33. The number of carbonyl (C=O) groups is 1. The summed E-state index contributed by atoms with van der Waals surface area (Å²) in [4.78, 5) is 16.1. The van der Waals surface area contributed by atoms with Crippen LogP contribution in [0.4, 0.5) is 0 Å². The zero-order valence-electron chi connectivity index (χ0n) is 15.7. The fraction of sp³-hybridized carbons (Fsp3) is 0.182. The van der Waals surface area contributed by atoms with Gasteiger partial charge in [-0.2, -0.15) is 5.10 Å². The highest BCUT2D eigenvalue weighted by atomic mass is 35.5. The molecule has 1 amide bonds. The fourth-order valence-electron chi connectivity index (χ4n) is 3.22. The number of carbonyl (C=O) groups excluding carboxylic acids is 1. The van der Waals surface area contributed by atoms with E-state index in [0.717, 1.165) is 22.3 Å². The fourth-order valence-corrected chi connectivity index (χ4v) is 3.40. The monoisotopic (exact) mass is 392 g/mol. The van der Waals surface area contributed by atoms with Crippen LogP contribution >= 0.6 is 11.6 Å². The summed E-state index contributed by atoms with van der Waals surface area (Å²) in [6, 6.07) is 19.2. The van der Waals surface area contributed by atoms with Gasteiger partial charge in [0.15, 0.2) is 0 Å². The Morgan fingerprint density at radius 3 is 2.71 bits per heavy atom. The minimum atomic E-state index is -0.591. The first kappa shape index (κ1) is 18.3. The van der Waals surface area contributed by atoms with Crippen molar-refractivity contribution in [2.45, 2.75) is 25.8 Å². The number of amides is 1. The van der Waals surface area contributed by atoms with E-state index in [9.17, 15) is 4.79 Å². The number of hydrogen-bond acceptors (Lipinski definition) is 2. The van der Waals surface area contributed by atoms with Crippen molar-refractivity contribution < 1.29 is 4.79 Å². The zero-order chi connectivity index (χ0) is 19.7. The van der Waals surface area contributed by atoms with E-state index in [0.29, 0.717) is 17.1 Å². The number of nitrogens with zero attached hydrogens (tertiary/aromatic N) is 2. The second-order valence-electron chi connectivity index (χ2n) is 7.04. The van der Waals surface area contributed by atoms with Gasteiger partial charge in [0.05, 0.1) is 16.9 Å². The summed E-state index contributed by atoms with van der Waals surface area (Å²) in [5, 5.41) is 9.38. The minimum Gasteiger partial charge on any atom is -0.351 e. The maximum atomic E-state index is 12.9. The van der Waals surface area contributed by atoms with Gasteiger partial charge in [0.2, 0.25) is 0 Å². The molecule has 0 saturated carbocycles. The lowest BCUT2D eigenvalue weighted by Crippen LogP contribution is -2.43. The number of hydrogen-bond donors (Lipinski definition) is 2. The lowest BCUT2D eigenvalue weighted by Gasteiger charge is -2.27. The Morgan fingerprint density at radius 1 is 1.18 bits per heavy atom. The molecule has 2 aromatic carbocycles. The number of aromatic amines is 1. The predicted molar refractivity (Wildman–Crippen MR) is 112 cm³/mol. The number of nitrogens with one attached hydrogen (secondary N) is 2. The normalized spacial score (nSPS) is 13.4. The molecule has 6 heteroatoms. The summed E-state index contributed by atoms with van der Waals surface area (Å²) in [7, 11) is 0. The van der Waals surface area contributed by atoms with Crippen LogP contribution in [0.2, 0.25) is 5.02 Å². The molecule has 5 nitrogen and oxygen atoms in total. The first-order valence-corrected chi connectivity index (χ1v) is 9.59. The van der Waals surface area contributed by atoms with E-state index in [1.54, 1.807) is 6.07 Å². The Labute approximate surface area is 168 Å². The molecule has 0 bridgehead atoms. The quantitative estimate of drug-likeness (QED) is 0.498. The first-order valence-electron chi connectivity index (χ1n) is 9.21. The Hall–Kier alpha value is -3.05. The second-order valence-corrected chi connectivity index (χ2v) is 7.47. The Morgan fingerprint density at radius 2 is 1.96 bits per heavy atom. The molecule has 4 rings (SSSR count). The third kappa shape index (κ3) is 3.41. The van der Waals surface area contributed by atoms with Crippen LogP contribution < -0.4 is 5.32 Å². The van der Waals surface area contributed by atoms with Gasteiger partial charge in [0.25, 0.3) is 5.91 Å². The van der Waals surface area contributed by atoms with Crippen molar-refractivity contribution in [2.75, 3.05) is 0 Å². The molecule has 2 N–H and O–H groups in total. The van der Waals surface area contributed by atoms with Gasteiger partial charge in [0.1, 0.15) is 5.69 Å². The highest BCUT2D eigenvalue weighted by Crippen LogP contribution is 2.25. The van der Waals surface area contributed by atoms with Crippen molar-refractivity contribution in [1.82, 2.24) is 20.1 Å². The van der Waals surface area contributed by atoms with Crippen LogP contribution in [0.25, 0.3) is 16.6 Å². The molecule has 1 atom stereocenters. The molecule has 2 heterocycles. The molecular formula is C22H21ClN4O. The number of rotatable bonds is 5. The van der Waals surface area contributed by atoms with Gasteiger partial charge in [0, 0.05) is 22.1 Å². The van der Waals surface area contributed by atoms with Crippen molar-refractivity contribution >= 4 is 28.4 Å². The van der Waals surface area contributed by atoms with Crippen molar-refractivity contribution in [1.29, 1.82) is 0 Å². The number of aromatic nitrogens is 3. The lowest BCUT2D eigenvalue weighted by molar-refractivity contribution is 0.0895. The maximum absolute atomic E-state index is 12.9. The number of H-pyrrole nitrogens is 1. The van der Waals surface area contributed by atoms with Crippen molar-refractivity contribution in [3.05, 3.63) is 83.3 Å². The largest absolute Gasteiger partial charge is 0.351 e. The Bertz CT molecular complexity index is 1130. The van der Waals surface area contributed by atoms with Gasteiger partial charge < -0.3 is 10.3 Å². The molecule has 0 saturated heterocycles. The van der Waals surface area contributed by atoms with E-state index in [1.807, 2.05) is 79.3 Å². The zero-order valence-corrected chi connectivity index (χ0v) is 16.5. The Balaban J connectivity index is 1.60. The predicted octanol–water partition coefficient (Wildman–Crippen LogP) is 5.06. The molecule has 0 radical (unpaired) electrons. The van der Waals surface area contributed by atoms with Crippen LogP contribution in [0.15, 0.2) is 66.9 Å². The van der Waals surface area contributed by atoms with Crippen molar-refractivity contribution in [3.8, 4) is 5.69 Å². The molecule has 0 spiro atoms. The summed E-state index contributed by atoms with van der Waals surface area (Å²) in [6.07, 6.45) is 2.62. The molecule has 0 aliphatic rings. The van der Waals surface area contributed by atoms with Crippen LogP contribution in [-0.4, -0.2) is 20.7 Å². The van der Waals surface area contributed by atoms with Gasteiger partial charge in [-0.25, -0.2) is 4.68 Å². The molecule has 142 valence electrons. The van der Waals surface area contributed by atoms with Gasteiger partial charge in [-0.05, 0) is 55.8 Å². The van der Waals surface area contributed by atoms with E-state index >= 15 is 0 Å². The smallest absolute Gasteiger partial charge is 0.268 e. The molecular weight excluding hydrogens is 372 g/mol. The average Bonchev–Trinajstić information content (AvgIpc) is 3.36. The number of fused-ring (bicyclic) bond motifs is 1. The lowest BCUT2D eigenvalue weighted by atomic mass is 9.94. The summed E-state index contributed by atoms with van der Waals surface area (Å²) in [5.41, 5.74) is 2.57. The van der Waals surface area contributed by atoms with Crippen LogP contribution in [0, 0.1) is 0 Å². The second kappa shape index (κ2) is 7.17. The SMILES string of the molecule is CCC(C)(NC(=O)c1cc2cc(Cl)ccc2[nH]1)c1ccn(-c2ccccc2)n1. The molecule has 4 aromatic rings. The van der Waals surface area contributed by atoms with E-state index < -0.39 is 5.54 Å². The third-order valence-electron chi connectivity index (χ3n) is 5.10. The van der Waals surface area contributed by atoms with E-state index in [1.165, 1.54) is 0 Å². The first-order chi connectivity index (χ1) is 13.5. The molecule has 0 fully saturated rings. The van der Waals surface area contributed by atoms with Crippen LogP contribution in [0.3, 0.4) is 0 Å². The van der Waals surface area contributed by atoms with Crippen molar-refractivity contribution in [2.24, 2.45) is 0 Å².